The van der Waals surface area contributed by atoms with Gasteiger partial charge in [-0.25, -0.2) is 0 Å². The van der Waals surface area contributed by atoms with Gasteiger partial charge in [0.05, 0.1) is 11.7 Å². The molecule has 0 saturated heterocycles. The van der Waals surface area contributed by atoms with Gasteiger partial charge in [-0.2, -0.15) is 0 Å². The van der Waals surface area contributed by atoms with Gasteiger partial charge < -0.3 is 9.72 Å². The van der Waals surface area contributed by atoms with Crippen molar-refractivity contribution < 1.29 is 4.74 Å². The smallest absolute Gasteiger partial charge is 0.162 e. The Morgan fingerprint density at radius 3 is 2.60 bits per heavy atom. The molecular formula is C16H17ClN2O. The van der Waals surface area contributed by atoms with Crippen LogP contribution < -0.4 is 4.74 Å². The first kappa shape index (κ1) is 14.4. The second-order valence-electron chi connectivity index (χ2n) is 4.71. The predicted molar refractivity (Wildman–Crippen MR) is 83.6 cm³/mol. The van der Waals surface area contributed by atoms with Crippen LogP contribution in [-0.2, 0) is 6.61 Å². The topological polar surface area (TPSA) is 37.9 Å². The van der Waals surface area contributed by atoms with E-state index in [-0.39, 0.29) is 12.4 Å². The van der Waals surface area contributed by atoms with Crippen LogP contribution in [0.2, 0.25) is 0 Å². The molecule has 3 rings (SSSR count). The van der Waals surface area contributed by atoms with Crippen molar-refractivity contribution in [1.29, 1.82) is 0 Å². The van der Waals surface area contributed by atoms with E-state index in [1.54, 1.807) is 6.20 Å². The Hall–Kier alpha value is -2.00. The van der Waals surface area contributed by atoms with Gasteiger partial charge in [-0.3, -0.25) is 4.98 Å². The molecule has 0 spiro atoms. The van der Waals surface area contributed by atoms with Crippen LogP contribution in [0.3, 0.4) is 0 Å². The lowest BCUT2D eigenvalue weighted by Gasteiger charge is -2.06. The highest BCUT2D eigenvalue weighted by Gasteiger charge is 2.09. The molecule has 0 fully saturated rings. The van der Waals surface area contributed by atoms with E-state index in [1.165, 1.54) is 5.56 Å². The molecule has 3 nitrogen and oxygen atoms in total. The molecule has 0 amide bonds. The van der Waals surface area contributed by atoms with Crippen molar-refractivity contribution in [3.63, 3.8) is 0 Å². The number of benzene rings is 1. The number of halogens is 1. The van der Waals surface area contributed by atoms with Gasteiger partial charge in [0.25, 0.3) is 0 Å². The van der Waals surface area contributed by atoms with E-state index in [0.717, 1.165) is 27.9 Å². The Kier molecular flexibility index (Phi) is 4.30. The molecule has 0 saturated carbocycles. The molecule has 104 valence electrons. The number of aryl methyl sites for hydroxylation is 2. The van der Waals surface area contributed by atoms with Gasteiger partial charge in [0.15, 0.2) is 5.75 Å². The van der Waals surface area contributed by atoms with Crippen molar-refractivity contribution in [3.8, 4) is 5.75 Å². The minimum Gasteiger partial charge on any atom is -0.485 e. The monoisotopic (exact) mass is 288 g/mol. The molecule has 0 aliphatic carbocycles. The van der Waals surface area contributed by atoms with E-state index >= 15 is 0 Å². The lowest BCUT2D eigenvalue weighted by molar-refractivity contribution is 0.308. The summed E-state index contributed by atoms with van der Waals surface area (Å²) in [7, 11) is 0. The number of nitrogens with zero attached hydrogens (tertiary/aromatic N) is 1. The first-order valence-electron chi connectivity index (χ1n) is 6.35. The highest BCUT2D eigenvalue weighted by molar-refractivity contribution is 5.88. The number of hydrogen-bond donors (Lipinski definition) is 1. The molecule has 2 aromatic heterocycles. The van der Waals surface area contributed by atoms with Crippen molar-refractivity contribution in [2.45, 2.75) is 20.5 Å². The molecule has 0 radical (unpaired) electrons. The van der Waals surface area contributed by atoms with Crippen LogP contribution in [0, 0.1) is 13.8 Å². The SMILES string of the molecule is Cc1[nH]c2c(OCc3ccccc3)cncc2c1C.Cl. The van der Waals surface area contributed by atoms with Crippen LogP contribution in [0.4, 0.5) is 0 Å². The Morgan fingerprint density at radius 2 is 1.85 bits per heavy atom. The van der Waals surface area contributed by atoms with E-state index in [0.29, 0.717) is 6.61 Å². The average molecular weight is 289 g/mol. The molecule has 1 N–H and O–H groups in total. The Labute approximate surface area is 124 Å². The number of fused-ring (bicyclic) bond motifs is 1. The van der Waals surface area contributed by atoms with Gasteiger partial charge in [-0.1, -0.05) is 30.3 Å². The Bertz CT molecular complexity index is 707. The third-order valence-corrected chi connectivity index (χ3v) is 3.43. The van der Waals surface area contributed by atoms with Crippen LogP contribution in [0.5, 0.6) is 5.75 Å². The maximum atomic E-state index is 5.88. The largest absolute Gasteiger partial charge is 0.485 e. The number of ether oxygens (including phenoxy) is 1. The van der Waals surface area contributed by atoms with Gasteiger partial charge in [-0.05, 0) is 25.0 Å². The molecule has 1 aromatic carbocycles. The highest BCUT2D eigenvalue weighted by atomic mass is 35.5. The van der Waals surface area contributed by atoms with Crippen molar-refractivity contribution in [2.75, 3.05) is 0 Å². The summed E-state index contributed by atoms with van der Waals surface area (Å²) in [6, 6.07) is 10.1. The van der Waals surface area contributed by atoms with E-state index < -0.39 is 0 Å². The van der Waals surface area contributed by atoms with Gasteiger partial charge in [0.1, 0.15) is 6.61 Å². The summed E-state index contributed by atoms with van der Waals surface area (Å²) in [5.74, 6) is 0.803. The molecule has 3 aromatic rings. The summed E-state index contributed by atoms with van der Waals surface area (Å²) >= 11 is 0. The van der Waals surface area contributed by atoms with Crippen LogP contribution in [0.15, 0.2) is 42.7 Å². The van der Waals surface area contributed by atoms with Crippen molar-refractivity contribution >= 4 is 23.3 Å². The summed E-state index contributed by atoms with van der Waals surface area (Å²) in [6.45, 7) is 4.71. The molecule has 0 aliphatic heterocycles. The zero-order valence-electron chi connectivity index (χ0n) is 11.5. The van der Waals surface area contributed by atoms with E-state index in [1.807, 2.05) is 24.4 Å². The average Bonchev–Trinajstić information content (AvgIpc) is 2.74. The van der Waals surface area contributed by atoms with Crippen LogP contribution in [-0.4, -0.2) is 9.97 Å². The third kappa shape index (κ3) is 2.63. The van der Waals surface area contributed by atoms with Crippen LogP contribution in [0.1, 0.15) is 16.8 Å². The molecule has 0 aliphatic rings. The molecule has 0 atom stereocenters. The van der Waals surface area contributed by atoms with Gasteiger partial charge in [0.2, 0.25) is 0 Å². The maximum absolute atomic E-state index is 5.88. The lowest BCUT2D eigenvalue weighted by atomic mass is 10.2. The fraction of sp³-hybridized carbons (Fsp3) is 0.188. The van der Waals surface area contributed by atoms with Crippen LogP contribution >= 0.6 is 12.4 Å². The fourth-order valence-electron chi connectivity index (χ4n) is 2.18. The van der Waals surface area contributed by atoms with Crippen molar-refractivity contribution in [3.05, 3.63) is 59.5 Å². The van der Waals surface area contributed by atoms with Crippen molar-refractivity contribution in [1.82, 2.24) is 9.97 Å². The molecule has 2 heterocycles. The minimum absolute atomic E-state index is 0. The minimum atomic E-state index is 0. The highest BCUT2D eigenvalue weighted by Crippen LogP contribution is 2.28. The normalized spacial score (nSPS) is 10.3. The van der Waals surface area contributed by atoms with E-state index in [4.69, 9.17) is 4.74 Å². The number of H-pyrrole nitrogens is 1. The Morgan fingerprint density at radius 1 is 1.10 bits per heavy atom. The van der Waals surface area contributed by atoms with Gasteiger partial charge >= 0.3 is 0 Å². The standard InChI is InChI=1S/C16H16N2O.ClH/c1-11-12(2)18-16-14(11)8-17-9-15(16)19-10-13-6-4-3-5-7-13;/h3-9,18H,10H2,1-2H3;1H. The van der Waals surface area contributed by atoms with Gasteiger partial charge in [0, 0.05) is 17.3 Å². The molecule has 0 unspecified atom stereocenters. The first-order chi connectivity index (χ1) is 9.25. The first-order valence-corrected chi connectivity index (χ1v) is 6.35. The number of aromatic nitrogens is 2. The predicted octanol–water partition coefficient (Wildman–Crippen LogP) is 4.18. The summed E-state index contributed by atoms with van der Waals surface area (Å²) in [5.41, 5.74) is 4.57. The quantitative estimate of drug-likeness (QED) is 0.785. The summed E-state index contributed by atoms with van der Waals surface area (Å²) in [4.78, 5) is 7.62. The van der Waals surface area contributed by atoms with Crippen LogP contribution in [0.25, 0.3) is 10.9 Å². The molecule has 0 bridgehead atoms. The number of rotatable bonds is 3. The Balaban J connectivity index is 0.00000147. The molecule has 4 heteroatoms. The number of aromatic amines is 1. The van der Waals surface area contributed by atoms with E-state index in [9.17, 15) is 0 Å². The van der Waals surface area contributed by atoms with Crippen molar-refractivity contribution in [2.24, 2.45) is 0 Å². The second-order valence-corrected chi connectivity index (χ2v) is 4.71. The third-order valence-electron chi connectivity index (χ3n) is 3.43. The fourth-order valence-corrected chi connectivity index (χ4v) is 2.18. The number of pyridine rings is 1. The lowest BCUT2D eigenvalue weighted by Crippen LogP contribution is -1.96. The van der Waals surface area contributed by atoms with E-state index in [2.05, 4.69) is 35.9 Å². The summed E-state index contributed by atoms with van der Waals surface area (Å²) in [5, 5.41) is 1.13. The molecular weight excluding hydrogens is 272 g/mol. The zero-order chi connectivity index (χ0) is 13.2. The number of hydrogen-bond acceptors (Lipinski definition) is 2. The summed E-state index contributed by atoms with van der Waals surface area (Å²) in [6.07, 6.45) is 3.64. The number of nitrogens with one attached hydrogen (secondary N) is 1. The zero-order valence-corrected chi connectivity index (χ0v) is 12.3. The summed E-state index contributed by atoms with van der Waals surface area (Å²) < 4.78 is 5.88. The van der Waals surface area contributed by atoms with Gasteiger partial charge in [-0.15, -0.1) is 12.4 Å². The maximum Gasteiger partial charge on any atom is 0.162 e. The second kappa shape index (κ2) is 5.97. The molecule has 20 heavy (non-hydrogen) atoms.